The highest BCUT2D eigenvalue weighted by Crippen LogP contribution is 2.17. The van der Waals surface area contributed by atoms with Crippen LogP contribution in [0.3, 0.4) is 0 Å². The van der Waals surface area contributed by atoms with Crippen molar-refractivity contribution in [1.29, 1.82) is 0 Å². The van der Waals surface area contributed by atoms with Crippen molar-refractivity contribution < 1.29 is 4.79 Å². The van der Waals surface area contributed by atoms with E-state index in [0.717, 1.165) is 16.3 Å². The maximum absolute atomic E-state index is 11.8. The summed E-state index contributed by atoms with van der Waals surface area (Å²) >= 11 is 1.56. The van der Waals surface area contributed by atoms with Crippen molar-refractivity contribution in [3.63, 3.8) is 0 Å². The molecule has 0 aliphatic heterocycles. The quantitative estimate of drug-likeness (QED) is 0.867. The van der Waals surface area contributed by atoms with Gasteiger partial charge >= 0.3 is 0 Å². The minimum atomic E-state index is -0.107. The van der Waals surface area contributed by atoms with E-state index < -0.39 is 0 Å². The van der Waals surface area contributed by atoms with Crippen LogP contribution in [0.5, 0.6) is 0 Å². The summed E-state index contributed by atoms with van der Waals surface area (Å²) in [4.78, 5) is 16.1. The number of benzene rings is 1. The second-order valence-corrected chi connectivity index (χ2v) is 5.19. The van der Waals surface area contributed by atoms with Crippen molar-refractivity contribution in [3.05, 3.63) is 58.1 Å². The van der Waals surface area contributed by atoms with Gasteiger partial charge in [0.1, 0.15) is 5.01 Å². The first-order valence-corrected chi connectivity index (χ1v) is 6.99. The van der Waals surface area contributed by atoms with Gasteiger partial charge in [-0.1, -0.05) is 30.3 Å². The van der Waals surface area contributed by atoms with E-state index in [1.54, 1.807) is 23.5 Å². The Bertz CT molecular complexity index is 575. The first kappa shape index (κ1) is 13.5. The number of carbonyl (C=O) groups excluding carboxylic acids is 1. The average molecular weight is 272 g/mol. The first-order chi connectivity index (χ1) is 9.15. The molecular weight excluding hydrogens is 256 g/mol. The van der Waals surface area contributed by atoms with E-state index in [2.05, 4.69) is 10.3 Å². The number of aromatic nitrogens is 1. The lowest BCUT2D eigenvalue weighted by molar-refractivity contribution is -0.117. The lowest BCUT2D eigenvalue weighted by Gasteiger charge is -2.08. The molecule has 1 atom stereocenters. The van der Waals surface area contributed by atoms with Crippen LogP contribution in [0.25, 0.3) is 6.08 Å². The number of hydrogen-bond acceptors (Lipinski definition) is 3. The first-order valence-electron chi connectivity index (χ1n) is 6.11. The number of nitrogens with one attached hydrogen (secondary N) is 1. The standard InChI is InChI=1S/C15H16N2OS/c1-11-10-19-15(16-11)12(2)17-14(18)9-8-13-6-4-3-5-7-13/h3-10,12H,1-2H3,(H,17,18). The third-order valence-corrected chi connectivity index (χ3v) is 3.74. The lowest BCUT2D eigenvalue weighted by atomic mass is 10.2. The van der Waals surface area contributed by atoms with Gasteiger partial charge in [0.2, 0.25) is 5.91 Å². The molecule has 1 N–H and O–H groups in total. The zero-order valence-electron chi connectivity index (χ0n) is 11.0. The Labute approximate surface area is 117 Å². The molecular formula is C15H16N2OS. The number of carbonyl (C=O) groups is 1. The summed E-state index contributed by atoms with van der Waals surface area (Å²) in [5.74, 6) is -0.107. The summed E-state index contributed by atoms with van der Waals surface area (Å²) in [7, 11) is 0. The van der Waals surface area contributed by atoms with Crippen LogP contribution in [0.2, 0.25) is 0 Å². The van der Waals surface area contributed by atoms with Crippen molar-refractivity contribution in [2.75, 3.05) is 0 Å². The molecule has 1 aromatic heterocycles. The van der Waals surface area contributed by atoms with Gasteiger partial charge in [0.25, 0.3) is 0 Å². The predicted octanol–water partition coefficient (Wildman–Crippen LogP) is 3.34. The second kappa shape index (κ2) is 6.29. The molecule has 2 rings (SSSR count). The smallest absolute Gasteiger partial charge is 0.244 e. The van der Waals surface area contributed by atoms with Crippen molar-refractivity contribution in [2.45, 2.75) is 19.9 Å². The third-order valence-electron chi connectivity index (χ3n) is 2.59. The van der Waals surface area contributed by atoms with E-state index in [-0.39, 0.29) is 11.9 Å². The topological polar surface area (TPSA) is 42.0 Å². The van der Waals surface area contributed by atoms with Gasteiger partial charge in [-0.2, -0.15) is 0 Å². The highest BCUT2D eigenvalue weighted by atomic mass is 32.1. The van der Waals surface area contributed by atoms with E-state index in [4.69, 9.17) is 0 Å². The van der Waals surface area contributed by atoms with Crippen LogP contribution in [0.15, 0.2) is 41.8 Å². The van der Waals surface area contributed by atoms with Crippen molar-refractivity contribution in [1.82, 2.24) is 10.3 Å². The van der Waals surface area contributed by atoms with E-state index >= 15 is 0 Å². The van der Waals surface area contributed by atoms with Gasteiger partial charge in [-0.25, -0.2) is 4.98 Å². The van der Waals surface area contributed by atoms with Gasteiger partial charge in [-0.3, -0.25) is 4.79 Å². The zero-order valence-corrected chi connectivity index (χ0v) is 11.8. The van der Waals surface area contributed by atoms with E-state index in [9.17, 15) is 4.79 Å². The molecule has 3 nitrogen and oxygen atoms in total. The molecule has 0 aliphatic carbocycles. The number of hydrogen-bond donors (Lipinski definition) is 1. The van der Waals surface area contributed by atoms with Gasteiger partial charge < -0.3 is 5.32 Å². The average Bonchev–Trinajstić information content (AvgIpc) is 2.84. The van der Waals surface area contributed by atoms with Gasteiger partial charge in [0.15, 0.2) is 0 Å². The summed E-state index contributed by atoms with van der Waals surface area (Å²) in [5, 5.41) is 5.82. The van der Waals surface area contributed by atoms with Crippen LogP contribution >= 0.6 is 11.3 Å². The summed E-state index contributed by atoms with van der Waals surface area (Å²) in [6.45, 7) is 3.89. The largest absolute Gasteiger partial charge is 0.344 e. The minimum absolute atomic E-state index is 0.0633. The molecule has 98 valence electrons. The molecule has 0 spiro atoms. The molecule has 1 amide bonds. The molecule has 19 heavy (non-hydrogen) atoms. The Morgan fingerprint density at radius 1 is 1.37 bits per heavy atom. The Morgan fingerprint density at radius 3 is 2.74 bits per heavy atom. The highest BCUT2D eigenvalue weighted by Gasteiger charge is 2.10. The van der Waals surface area contributed by atoms with Crippen molar-refractivity contribution in [2.24, 2.45) is 0 Å². The SMILES string of the molecule is Cc1csc(C(C)NC(=O)C=Cc2ccccc2)n1. The van der Waals surface area contributed by atoms with Gasteiger partial charge in [0.05, 0.1) is 6.04 Å². The van der Waals surface area contributed by atoms with Crippen LogP contribution in [0.1, 0.15) is 29.2 Å². The molecule has 0 radical (unpaired) electrons. The molecule has 1 heterocycles. The molecule has 0 saturated heterocycles. The number of amides is 1. The lowest BCUT2D eigenvalue weighted by Crippen LogP contribution is -2.24. The van der Waals surface area contributed by atoms with Gasteiger partial charge in [0, 0.05) is 17.2 Å². The molecule has 1 unspecified atom stereocenters. The fourth-order valence-electron chi connectivity index (χ4n) is 1.63. The molecule has 4 heteroatoms. The monoisotopic (exact) mass is 272 g/mol. The summed E-state index contributed by atoms with van der Waals surface area (Å²) in [6.07, 6.45) is 3.35. The normalized spacial score (nSPS) is 12.5. The Morgan fingerprint density at radius 2 is 2.11 bits per heavy atom. The molecule has 0 aliphatic rings. The number of aryl methyl sites for hydroxylation is 1. The summed E-state index contributed by atoms with van der Waals surface area (Å²) in [5.41, 5.74) is 2.00. The van der Waals surface area contributed by atoms with Crippen molar-refractivity contribution in [3.8, 4) is 0 Å². The van der Waals surface area contributed by atoms with Crippen LogP contribution < -0.4 is 5.32 Å². The van der Waals surface area contributed by atoms with Crippen LogP contribution in [-0.2, 0) is 4.79 Å². The second-order valence-electron chi connectivity index (χ2n) is 4.30. The van der Waals surface area contributed by atoms with Crippen LogP contribution in [0, 0.1) is 6.92 Å². The van der Waals surface area contributed by atoms with Crippen LogP contribution in [0.4, 0.5) is 0 Å². The summed E-state index contributed by atoms with van der Waals surface area (Å²) < 4.78 is 0. The fraction of sp³-hybridized carbons (Fsp3) is 0.200. The number of rotatable bonds is 4. The maximum atomic E-state index is 11.8. The van der Waals surface area contributed by atoms with E-state index in [0.29, 0.717) is 0 Å². The van der Waals surface area contributed by atoms with Gasteiger partial charge in [-0.05, 0) is 25.5 Å². The molecule has 0 fully saturated rings. The van der Waals surface area contributed by atoms with Crippen LogP contribution in [-0.4, -0.2) is 10.9 Å². The zero-order chi connectivity index (χ0) is 13.7. The molecule has 1 aromatic carbocycles. The molecule has 2 aromatic rings. The Balaban J connectivity index is 1.93. The Kier molecular flexibility index (Phi) is 4.47. The van der Waals surface area contributed by atoms with E-state index in [1.165, 1.54) is 0 Å². The molecule has 0 saturated carbocycles. The fourth-order valence-corrected chi connectivity index (χ4v) is 2.43. The minimum Gasteiger partial charge on any atom is -0.344 e. The predicted molar refractivity (Wildman–Crippen MR) is 78.9 cm³/mol. The van der Waals surface area contributed by atoms with E-state index in [1.807, 2.05) is 49.6 Å². The molecule has 0 bridgehead atoms. The van der Waals surface area contributed by atoms with Gasteiger partial charge in [-0.15, -0.1) is 11.3 Å². The maximum Gasteiger partial charge on any atom is 0.244 e. The number of nitrogens with zero attached hydrogens (tertiary/aromatic N) is 1. The highest BCUT2D eigenvalue weighted by molar-refractivity contribution is 7.09. The Hall–Kier alpha value is -1.94. The third kappa shape index (κ3) is 4.03. The van der Waals surface area contributed by atoms with Crippen molar-refractivity contribution >= 4 is 23.3 Å². The number of thiazole rings is 1. The summed E-state index contributed by atoms with van der Waals surface area (Å²) in [6, 6.07) is 9.68.